The van der Waals surface area contributed by atoms with Gasteiger partial charge in [0.25, 0.3) is 0 Å². The number of piperazine rings is 1. The summed E-state index contributed by atoms with van der Waals surface area (Å²) < 4.78 is 12.9. The van der Waals surface area contributed by atoms with Crippen LogP contribution in [-0.2, 0) is 13.1 Å². The normalized spacial score (nSPS) is 17.1. The molecule has 2 aliphatic rings. The van der Waals surface area contributed by atoms with Crippen molar-refractivity contribution in [1.29, 1.82) is 5.26 Å². The predicted molar refractivity (Wildman–Crippen MR) is 105 cm³/mol. The van der Waals surface area contributed by atoms with Crippen LogP contribution in [-0.4, -0.2) is 47.2 Å². The first-order chi connectivity index (χ1) is 13.8. The standard InChI is InChI=1S/C22H22N4O2/c23-12-19-18(15-26-6-2-1-3-20(19)26)14-25-9-7-24(8-10-25)13-17-4-5-21-22(11-17)28-16-27-21/h1-6,11,15H,7-10,13-14,16H2. The zero-order valence-electron chi connectivity index (χ0n) is 15.7. The summed E-state index contributed by atoms with van der Waals surface area (Å²) in [6.45, 7) is 6.10. The van der Waals surface area contributed by atoms with Crippen molar-refractivity contribution in [2.24, 2.45) is 0 Å². The van der Waals surface area contributed by atoms with Crippen molar-refractivity contribution in [3.05, 3.63) is 65.5 Å². The quantitative estimate of drug-likeness (QED) is 0.703. The SMILES string of the molecule is N#Cc1c(CN2CCN(Cc3ccc4c(c3)OCO4)CC2)cn2ccccc12. The number of nitriles is 1. The number of hydrogen-bond acceptors (Lipinski definition) is 5. The molecule has 1 fully saturated rings. The van der Waals surface area contributed by atoms with Crippen molar-refractivity contribution in [3.63, 3.8) is 0 Å². The molecule has 28 heavy (non-hydrogen) atoms. The Bertz CT molecular complexity index is 1040. The summed E-state index contributed by atoms with van der Waals surface area (Å²) in [6, 6.07) is 14.6. The molecule has 0 N–H and O–H groups in total. The van der Waals surface area contributed by atoms with E-state index in [2.05, 4.69) is 34.2 Å². The molecule has 0 amide bonds. The first kappa shape index (κ1) is 17.1. The predicted octanol–water partition coefficient (Wildman–Crippen LogP) is 2.86. The molecule has 0 aliphatic carbocycles. The Labute approximate surface area is 164 Å². The van der Waals surface area contributed by atoms with Crippen LogP contribution < -0.4 is 9.47 Å². The molecule has 6 heteroatoms. The second-order valence-corrected chi connectivity index (χ2v) is 7.37. The minimum atomic E-state index is 0.317. The smallest absolute Gasteiger partial charge is 0.231 e. The number of fused-ring (bicyclic) bond motifs is 2. The minimum absolute atomic E-state index is 0.317. The third kappa shape index (κ3) is 3.19. The van der Waals surface area contributed by atoms with Crippen molar-refractivity contribution in [2.75, 3.05) is 33.0 Å². The molecule has 1 aromatic carbocycles. The summed E-state index contributed by atoms with van der Waals surface area (Å²) in [7, 11) is 0. The molecular weight excluding hydrogens is 352 g/mol. The van der Waals surface area contributed by atoms with Gasteiger partial charge < -0.3 is 13.9 Å². The number of benzene rings is 1. The Balaban J connectivity index is 1.21. The van der Waals surface area contributed by atoms with E-state index in [9.17, 15) is 5.26 Å². The van der Waals surface area contributed by atoms with Crippen LogP contribution in [0.4, 0.5) is 0 Å². The molecule has 0 bridgehead atoms. The Morgan fingerprint density at radius 3 is 2.54 bits per heavy atom. The van der Waals surface area contributed by atoms with Crippen molar-refractivity contribution < 1.29 is 9.47 Å². The number of ether oxygens (including phenoxy) is 2. The van der Waals surface area contributed by atoms with Gasteiger partial charge >= 0.3 is 0 Å². The van der Waals surface area contributed by atoms with E-state index in [-0.39, 0.29) is 0 Å². The van der Waals surface area contributed by atoms with Crippen LogP contribution in [0, 0.1) is 11.3 Å². The average Bonchev–Trinajstić information content (AvgIpc) is 3.32. The molecule has 5 rings (SSSR count). The highest BCUT2D eigenvalue weighted by Gasteiger charge is 2.20. The maximum Gasteiger partial charge on any atom is 0.231 e. The van der Waals surface area contributed by atoms with Crippen LogP contribution in [0.1, 0.15) is 16.7 Å². The van der Waals surface area contributed by atoms with E-state index in [0.29, 0.717) is 6.79 Å². The fourth-order valence-electron chi connectivity index (χ4n) is 4.07. The summed E-state index contributed by atoms with van der Waals surface area (Å²) in [4.78, 5) is 4.90. The van der Waals surface area contributed by atoms with Crippen molar-refractivity contribution in [1.82, 2.24) is 14.2 Å². The number of pyridine rings is 1. The van der Waals surface area contributed by atoms with E-state index in [1.807, 2.05) is 34.9 Å². The monoisotopic (exact) mass is 374 g/mol. The van der Waals surface area contributed by atoms with Crippen LogP contribution in [0.5, 0.6) is 11.5 Å². The van der Waals surface area contributed by atoms with E-state index in [4.69, 9.17) is 9.47 Å². The van der Waals surface area contributed by atoms with Gasteiger partial charge in [-0.2, -0.15) is 5.26 Å². The highest BCUT2D eigenvalue weighted by molar-refractivity contribution is 5.65. The van der Waals surface area contributed by atoms with Crippen molar-refractivity contribution >= 4 is 5.52 Å². The lowest BCUT2D eigenvalue weighted by molar-refractivity contribution is 0.122. The molecule has 0 atom stereocenters. The van der Waals surface area contributed by atoms with Crippen LogP contribution in [0.2, 0.25) is 0 Å². The third-order valence-electron chi connectivity index (χ3n) is 5.58. The lowest BCUT2D eigenvalue weighted by Gasteiger charge is -2.34. The maximum atomic E-state index is 9.60. The Kier molecular flexibility index (Phi) is 4.40. The van der Waals surface area contributed by atoms with Gasteiger partial charge in [-0.15, -0.1) is 0 Å². The lowest BCUT2D eigenvalue weighted by Crippen LogP contribution is -2.45. The van der Waals surface area contributed by atoms with Gasteiger partial charge in [-0.3, -0.25) is 9.80 Å². The first-order valence-electron chi connectivity index (χ1n) is 9.62. The fourth-order valence-corrected chi connectivity index (χ4v) is 4.07. The molecule has 0 unspecified atom stereocenters. The minimum Gasteiger partial charge on any atom is -0.454 e. The molecule has 1 saturated heterocycles. The average molecular weight is 374 g/mol. The van der Waals surface area contributed by atoms with Gasteiger partial charge in [0.2, 0.25) is 6.79 Å². The summed E-state index contributed by atoms with van der Waals surface area (Å²) >= 11 is 0. The highest BCUT2D eigenvalue weighted by Crippen LogP contribution is 2.33. The molecular formula is C22H22N4O2. The summed E-state index contributed by atoms with van der Waals surface area (Å²) in [5.74, 6) is 1.68. The molecule has 4 heterocycles. The van der Waals surface area contributed by atoms with Gasteiger partial charge in [-0.25, -0.2) is 0 Å². The number of rotatable bonds is 4. The van der Waals surface area contributed by atoms with Gasteiger partial charge in [0.1, 0.15) is 6.07 Å². The van der Waals surface area contributed by atoms with Crippen LogP contribution in [0.15, 0.2) is 48.8 Å². The van der Waals surface area contributed by atoms with Gasteiger partial charge in [0.15, 0.2) is 11.5 Å². The van der Waals surface area contributed by atoms with Crippen LogP contribution in [0.25, 0.3) is 5.52 Å². The Morgan fingerprint density at radius 1 is 0.929 bits per heavy atom. The Morgan fingerprint density at radius 2 is 1.71 bits per heavy atom. The van der Waals surface area contributed by atoms with Crippen LogP contribution >= 0.6 is 0 Å². The molecule has 142 valence electrons. The van der Waals surface area contributed by atoms with Crippen molar-refractivity contribution in [2.45, 2.75) is 13.1 Å². The van der Waals surface area contributed by atoms with Gasteiger partial charge in [0, 0.05) is 57.2 Å². The van der Waals surface area contributed by atoms with E-state index in [1.54, 1.807) is 0 Å². The lowest BCUT2D eigenvalue weighted by atomic mass is 10.1. The summed E-state index contributed by atoms with van der Waals surface area (Å²) in [5, 5.41) is 9.60. The zero-order chi connectivity index (χ0) is 18.9. The first-order valence-corrected chi connectivity index (χ1v) is 9.62. The summed E-state index contributed by atoms with van der Waals surface area (Å²) in [6.07, 6.45) is 4.09. The third-order valence-corrected chi connectivity index (χ3v) is 5.58. The molecule has 0 saturated carbocycles. The molecule has 2 aliphatic heterocycles. The molecule has 6 nitrogen and oxygen atoms in total. The number of aromatic nitrogens is 1. The number of nitrogens with zero attached hydrogens (tertiary/aromatic N) is 4. The largest absolute Gasteiger partial charge is 0.454 e. The summed E-state index contributed by atoms with van der Waals surface area (Å²) in [5.41, 5.74) is 4.14. The highest BCUT2D eigenvalue weighted by atomic mass is 16.7. The second kappa shape index (κ2) is 7.19. The van der Waals surface area contributed by atoms with Crippen LogP contribution in [0.3, 0.4) is 0 Å². The van der Waals surface area contributed by atoms with Gasteiger partial charge in [-0.1, -0.05) is 12.1 Å². The van der Waals surface area contributed by atoms with E-state index >= 15 is 0 Å². The molecule has 2 aromatic heterocycles. The molecule has 0 radical (unpaired) electrons. The zero-order valence-corrected chi connectivity index (χ0v) is 15.7. The van der Waals surface area contributed by atoms with Gasteiger partial charge in [-0.05, 0) is 29.8 Å². The Hall–Kier alpha value is -3.01. The van der Waals surface area contributed by atoms with Gasteiger partial charge in [0.05, 0.1) is 11.1 Å². The number of hydrogen-bond donors (Lipinski definition) is 0. The van der Waals surface area contributed by atoms with E-state index < -0.39 is 0 Å². The topological polar surface area (TPSA) is 53.1 Å². The second-order valence-electron chi connectivity index (χ2n) is 7.37. The fraction of sp³-hybridized carbons (Fsp3) is 0.318. The van der Waals surface area contributed by atoms with Crippen molar-refractivity contribution in [3.8, 4) is 17.6 Å². The molecule has 3 aromatic rings. The van der Waals surface area contributed by atoms with E-state index in [1.165, 1.54) is 5.56 Å². The maximum absolute atomic E-state index is 9.60. The van der Waals surface area contributed by atoms with E-state index in [0.717, 1.165) is 67.4 Å². The molecule has 0 spiro atoms.